The van der Waals surface area contributed by atoms with Crippen molar-refractivity contribution in [1.82, 2.24) is 20.0 Å². The molecule has 1 aromatic heterocycles. The molecule has 120 valence electrons. The summed E-state index contributed by atoms with van der Waals surface area (Å²) in [6.07, 6.45) is 1.21. The highest BCUT2D eigenvalue weighted by Crippen LogP contribution is 2.25. The Morgan fingerprint density at radius 2 is 2.14 bits per heavy atom. The molecule has 1 fully saturated rings. The number of nitrogens with zero attached hydrogens (tertiary/aromatic N) is 3. The summed E-state index contributed by atoms with van der Waals surface area (Å²) in [4.78, 5) is 2.61. The van der Waals surface area contributed by atoms with Crippen molar-refractivity contribution in [2.75, 3.05) is 13.1 Å². The summed E-state index contributed by atoms with van der Waals surface area (Å²) in [5.74, 6) is 0.666. The third-order valence-corrected chi connectivity index (χ3v) is 5.67. The van der Waals surface area contributed by atoms with E-state index in [1.807, 2.05) is 0 Å². The van der Waals surface area contributed by atoms with Crippen LogP contribution >= 0.6 is 15.9 Å². The number of aryl methyl sites for hydroxylation is 2. The van der Waals surface area contributed by atoms with Crippen molar-refractivity contribution < 1.29 is 0 Å². The van der Waals surface area contributed by atoms with Gasteiger partial charge in [-0.15, -0.1) is 0 Å². The van der Waals surface area contributed by atoms with Crippen molar-refractivity contribution >= 4 is 15.9 Å². The van der Waals surface area contributed by atoms with Gasteiger partial charge in [0.15, 0.2) is 0 Å². The molecule has 0 saturated carbocycles. The van der Waals surface area contributed by atoms with E-state index in [4.69, 9.17) is 0 Å². The molecule has 0 bridgehead atoms. The van der Waals surface area contributed by atoms with Gasteiger partial charge in [-0.3, -0.25) is 9.58 Å². The molecule has 2 unspecified atom stereocenters. The van der Waals surface area contributed by atoms with E-state index in [0.29, 0.717) is 18.0 Å². The van der Waals surface area contributed by atoms with E-state index in [9.17, 15) is 0 Å². The number of hydrogen-bond acceptors (Lipinski definition) is 3. The molecule has 5 heteroatoms. The van der Waals surface area contributed by atoms with Gasteiger partial charge in [-0.1, -0.05) is 13.8 Å². The fourth-order valence-electron chi connectivity index (χ4n) is 3.04. The van der Waals surface area contributed by atoms with Gasteiger partial charge >= 0.3 is 0 Å². The number of aromatic nitrogens is 2. The fraction of sp³-hybridized carbons (Fsp3) is 0.812. The SMILES string of the molecule is CCn1nc(C)c(Br)c1CN1CC(C(C)C)NCCC1C. The van der Waals surface area contributed by atoms with Crippen LogP contribution in [-0.2, 0) is 13.1 Å². The highest BCUT2D eigenvalue weighted by Gasteiger charge is 2.26. The minimum absolute atomic E-state index is 0.577. The quantitative estimate of drug-likeness (QED) is 0.899. The predicted octanol–water partition coefficient (Wildman–Crippen LogP) is 3.18. The predicted molar refractivity (Wildman–Crippen MR) is 91.5 cm³/mol. The molecule has 0 aromatic carbocycles. The lowest BCUT2D eigenvalue weighted by molar-refractivity contribution is 0.178. The smallest absolute Gasteiger partial charge is 0.0739 e. The van der Waals surface area contributed by atoms with Gasteiger partial charge in [0.05, 0.1) is 15.9 Å². The van der Waals surface area contributed by atoms with Crippen molar-refractivity contribution in [3.63, 3.8) is 0 Å². The summed E-state index contributed by atoms with van der Waals surface area (Å²) in [5, 5.41) is 8.32. The maximum absolute atomic E-state index is 4.62. The first-order valence-electron chi connectivity index (χ1n) is 8.13. The van der Waals surface area contributed by atoms with Crippen LogP contribution in [0.25, 0.3) is 0 Å². The summed E-state index contributed by atoms with van der Waals surface area (Å²) in [7, 11) is 0. The highest BCUT2D eigenvalue weighted by molar-refractivity contribution is 9.10. The van der Waals surface area contributed by atoms with Crippen LogP contribution in [0, 0.1) is 12.8 Å². The molecule has 2 atom stereocenters. The van der Waals surface area contributed by atoms with Crippen molar-refractivity contribution in [3.05, 3.63) is 15.9 Å². The van der Waals surface area contributed by atoms with E-state index in [-0.39, 0.29) is 0 Å². The molecule has 2 heterocycles. The third kappa shape index (κ3) is 3.88. The van der Waals surface area contributed by atoms with Gasteiger partial charge in [0, 0.05) is 31.7 Å². The first-order chi connectivity index (χ1) is 9.93. The Hall–Kier alpha value is -0.390. The molecule has 21 heavy (non-hydrogen) atoms. The monoisotopic (exact) mass is 356 g/mol. The van der Waals surface area contributed by atoms with Crippen LogP contribution in [0.15, 0.2) is 4.47 Å². The van der Waals surface area contributed by atoms with Gasteiger partial charge < -0.3 is 5.32 Å². The molecule has 2 rings (SSSR count). The number of rotatable bonds is 4. The fourth-order valence-corrected chi connectivity index (χ4v) is 3.45. The average molecular weight is 357 g/mol. The Kier molecular flexibility index (Phi) is 5.86. The zero-order valence-electron chi connectivity index (χ0n) is 14.0. The summed E-state index contributed by atoms with van der Waals surface area (Å²) in [6.45, 7) is 15.3. The van der Waals surface area contributed by atoms with E-state index in [0.717, 1.165) is 31.9 Å². The van der Waals surface area contributed by atoms with E-state index < -0.39 is 0 Å². The minimum atomic E-state index is 0.577. The maximum atomic E-state index is 4.62. The first-order valence-corrected chi connectivity index (χ1v) is 8.92. The Bertz CT molecular complexity index is 469. The number of nitrogens with one attached hydrogen (secondary N) is 1. The molecule has 0 aliphatic carbocycles. The second kappa shape index (κ2) is 7.25. The minimum Gasteiger partial charge on any atom is -0.312 e. The van der Waals surface area contributed by atoms with Crippen molar-refractivity contribution in [2.24, 2.45) is 5.92 Å². The largest absolute Gasteiger partial charge is 0.312 e. The summed E-state index contributed by atoms with van der Waals surface area (Å²) in [5.41, 5.74) is 2.40. The van der Waals surface area contributed by atoms with Gasteiger partial charge in [-0.05, 0) is 55.6 Å². The van der Waals surface area contributed by atoms with Crippen LogP contribution in [-0.4, -0.2) is 39.9 Å². The van der Waals surface area contributed by atoms with Gasteiger partial charge in [0.25, 0.3) is 0 Å². The summed E-state index contributed by atoms with van der Waals surface area (Å²) >= 11 is 3.73. The molecular weight excluding hydrogens is 328 g/mol. The molecular formula is C16H29BrN4. The van der Waals surface area contributed by atoms with Gasteiger partial charge in [-0.25, -0.2) is 0 Å². The van der Waals surface area contributed by atoms with Gasteiger partial charge in [0.1, 0.15) is 0 Å². The molecule has 1 aromatic rings. The highest BCUT2D eigenvalue weighted by atomic mass is 79.9. The molecule has 1 aliphatic rings. The van der Waals surface area contributed by atoms with Crippen LogP contribution in [0.2, 0.25) is 0 Å². The topological polar surface area (TPSA) is 33.1 Å². The lowest BCUT2D eigenvalue weighted by atomic mass is 10.0. The Morgan fingerprint density at radius 1 is 1.43 bits per heavy atom. The Morgan fingerprint density at radius 3 is 2.76 bits per heavy atom. The second-order valence-corrected chi connectivity index (χ2v) is 7.33. The summed E-state index contributed by atoms with van der Waals surface area (Å²) < 4.78 is 3.31. The van der Waals surface area contributed by atoms with Crippen LogP contribution in [0.5, 0.6) is 0 Å². The van der Waals surface area contributed by atoms with Gasteiger partial charge in [0.2, 0.25) is 0 Å². The Labute approximate surface area is 137 Å². The number of halogens is 1. The lowest BCUT2D eigenvalue weighted by Gasteiger charge is -2.30. The van der Waals surface area contributed by atoms with Crippen LogP contribution in [0.3, 0.4) is 0 Å². The zero-order valence-corrected chi connectivity index (χ0v) is 15.6. The van der Waals surface area contributed by atoms with Crippen LogP contribution < -0.4 is 5.32 Å². The average Bonchev–Trinajstić information content (AvgIpc) is 2.61. The van der Waals surface area contributed by atoms with Gasteiger partial charge in [-0.2, -0.15) is 5.10 Å². The molecule has 1 N–H and O–H groups in total. The van der Waals surface area contributed by atoms with Crippen molar-refractivity contribution in [1.29, 1.82) is 0 Å². The molecule has 4 nitrogen and oxygen atoms in total. The third-order valence-electron chi connectivity index (χ3n) is 4.63. The van der Waals surface area contributed by atoms with Crippen molar-refractivity contribution in [3.8, 4) is 0 Å². The normalized spacial score (nSPS) is 24.5. The maximum Gasteiger partial charge on any atom is 0.0739 e. The first kappa shape index (κ1) is 17.0. The van der Waals surface area contributed by atoms with E-state index in [1.54, 1.807) is 0 Å². The zero-order chi connectivity index (χ0) is 15.6. The van der Waals surface area contributed by atoms with E-state index in [2.05, 4.69) is 70.5 Å². The molecule has 0 amide bonds. The van der Waals surface area contributed by atoms with Crippen LogP contribution in [0.4, 0.5) is 0 Å². The second-order valence-electron chi connectivity index (χ2n) is 6.53. The Balaban J connectivity index is 2.19. The lowest BCUT2D eigenvalue weighted by Crippen LogP contribution is -2.42. The van der Waals surface area contributed by atoms with Crippen LogP contribution in [0.1, 0.15) is 45.5 Å². The van der Waals surface area contributed by atoms with E-state index in [1.165, 1.54) is 16.6 Å². The van der Waals surface area contributed by atoms with Crippen molar-refractivity contribution in [2.45, 2.75) is 66.2 Å². The molecule has 0 radical (unpaired) electrons. The molecule has 1 aliphatic heterocycles. The molecule has 0 spiro atoms. The molecule has 1 saturated heterocycles. The van der Waals surface area contributed by atoms with E-state index >= 15 is 0 Å². The standard InChI is InChI=1S/C16H29BrN4/c1-6-21-15(16(17)13(5)19-21)10-20-9-14(11(2)3)18-8-7-12(20)4/h11-12,14,18H,6-10H2,1-5H3. The summed E-state index contributed by atoms with van der Waals surface area (Å²) in [6, 6.07) is 1.18. The number of hydrogen-bond donors (Lipinski definition) is 1.